The summed E-state index contributed by atoms with van der Waals surface area (Å²) in [6.07, 6.45) is 0. The second kappa shape index (κ2) is 9.77. The minimum absolute atomic E-state index is 0.0853. The molecular weight excluding hydrogens is 554 g/mol. The second-order valence-corrected chi connectivity index (χ2v) is 10.6. The van der Waals surface area contributed by atoms with Crippen molar-refractivity contribution >= 4 is 86.9 Å². The molecule has 1 saturated carbocycles. The van der Waals surface area contributed by atoms with Crippen LogP contribution in [0.5, 0.6) is 0 Å². The summed E-state index contributed by atoms with van der Waals surface area (Å²) < 4.78 is -1.35. The van der Waals surface area contributed by atoms with Gasteiger partial charge in [0.2, 0.25) is 5.91 Å². The number of rotatable bonds is 5. The van der Waals surface area contributed by atoms with Gasteiger partial charge in [0.15, 0.2) is 0 Å². The van der Waals surface area contributed by atoms with Crippen molar-refractivity contribution in [1.82, 2.24) is 0 Å². The third-order valence-corrected chi connectivity index (χ3v) is 7.18. The molecule has 2 amide bonds. The zero-order valence-electron chi connectivity index (χ0n) is 17.6. The summed E-state index contributed by atoms with van der Waals surface area (Å²) in [5.74, 6) is -2.32. The molecule has 0 aliphatic heterocycles. The normalized spacial score (nSPS) is 17.8. The van der Waals surface area contributed by atoms with Crippen LogP contribution in [-0.4, -0.2) is 16.1 Å². The van der Waals surface area contributed by atoms with E-state index in [1.165, 1.54) is 24.3 Å². The molecule has 11 heteroatoms. The first-order valence-electron chi connectivity index (χ1n) is 10.1. The van der Waals surface area contributed by atoms with Gasteiger partial charge >= 0.3 is 0 Å². The first kappa shape index (κ1) is 25.4. The summed E-state index contributed by atoms with van der Waals surface area (Å²) in [7, 11) is 0. The van der Waals surface area contributed by atoms with Crippen molar-refractivity contribution in [1.29, 1.82) is 5.26 Å². The average Bonchev–Trinajstić information content (AvgIpc) is 3.37. The number of nitrogens with two attached hydrogens (primary N) is 1. The predicted molar refractivity (Wildman–Crippen MR) is 141 cm³/mol. The Morgan fingerprint density at radius 2 is 1.63 bits per heavy atom. The molecule has 4 rings (SSSR count). The average molecular weight is 569 g/mol. The lowest BCUT2D eigenvalue weighted by atomic mass is 10.1. The molecule has 3 aromatic carbocycles. The van der Waals surface area contributed by atoms with Crippen LogP contribution in [-0.2, 0) is 4.79 Å². The zero-order chi connectivity index (χ0) is 25.5. The fraction of sp³-hybridized carbons (Fsp3) is 0.125. The lowest BCUT2D eigenvalue weighted by Gasteiger charge is -2.11. The van der Waals surface area contributed by atoms with E-state index in [0.717, 1.165) is 0 Å². The summed E-state index contributed by atoms with van der Waals surface area (Å²) >= 11 is 31.2. The molecule has 0 radical (unpaired) electrons. The van der Waals surface area contributed by atoms with Crippen molar-refractivity contribution in [2.24, 2.45) is 5.92 Å². The summed E-state index contributed by atoms with van der Waals surface area (Å²) in [5, 5.41) is 15.6. The van der Waals surface area contributed by atoms with Gasteiger partial charge in [-0.3, -0.25) is 9.59 Å². The van der Waals surface area contributed by atoms with Crippen molar-refractivity contribution in [2.75, 3.05) is 16.4 Å². The Morgan fingerprint density at radius 3 is 2.29 bits per heavy atom. The van der Waals surface area contributed by atoms with Gasteiger partial charge in [-0.25, -0.2) is 0 Å². The lowest BCUT2D eigenvalue weighted by molar-refractivity contribution is -0.117. The maximum Gasteiger partial charge on any atom is 0.257 e. The molecule has 178 valence electrons. The summed E-state index contributed by atoms with van der Waals surface area (Å²) in [5.41, 5.74) is 7.57. The Balaban J connectivity index is 1.53. The van der Waals surface area contributed by atoms with E-state index in [1.807, 2.05) is 6.07 Å². The van der Waals surface area contributed by atoms with Gasteiger partial charge in [0, 0.05) is 27.3 Å². The number of hydrogen-bond donors (Lipinski definition) is 3. The van der Waals surface area contributed by atoms with Crippen LogP contribution in [0.2, 0.25) is 15.1 Å². The number of hydrogen-bond acceptors (Lipinski definition) is 4. The predicted octanol–water partition coefficient (Wildman–Crippen LogP) is 6.88. The van der Waals surface area contributed by atoms with Crippen molar-refractivity contribution in [3.8, 4) is 6.07 Å². The fourth-order valence-corrected chi connectivity index (χ4v) is 5.35. The maximum atomic E-state index is 13.0. The number of carbonyl (C=O) groups is 2. The van der Waals surface area contributed by atoms with Crippen molar-refractivity contribution in [3.05, 3.63) is 86.4 Å². The highest BCUT2D eigenvalue weighted by molar-refractivity contribution is 6.53. The van der Waals surface area contributed by atoms with E-state index in [0.29, 0.717) is 27.0 Å². The molecule has 2 atom stereocenters. The number of anilines is 3. The number of carbonyl (C=O) groups excluding carboxylic acids is 2. The van der Waals surface area contributed by atoms with Gasteiger partial charge in [-0.1, -0.05) is 34.8 Å². The Hall–Kier alpha value is -2.66. The minimum Gasteiger partial charge on any atom is -0.399 e. The van der Waals surface area contributed by atoms with Gasteiger partial charge in [0.25, 0.3) is 5.91 Å². The summed E-state index contributed by atoms with van der Waals surface area (Å²) in [6.45, 7) is 0. The lowest BCUT2D eigenvalue weighted by Crippen LogP contribution is -2.18. The zero-order valence-corrected chi connectivity index (χ0v) is 21.4. The smallest absolute Gasteiger partial charge is 0.257 e. The Labute approximate surface area is 225 Å². The highest BCUT2D eigenvalue weighted by Gasteiger charge is 2.67. The number of nitrogen functional groups attached to an aromatic ring is 1. The van der Waals surface area contributed by atoms with E-state index >= 15 is 0 Å². The highest BCUT2D eigenvalue weighted by atomic mass is 35.5. The van der Waals surface area contributed by atoms with Crippen LogP contribution >= 0.6 is 58.0 Å². The van der Waals surface area contributed by atoms with E-state index in [4.69, 9.17) is 63.7 Å². The summed E-state index contributed by atoms with van der Waals surface area (Å²) in [4.78, 5) is 25.8. The van der Waals surface area contributed by atoms with Gasteiger partial charge in [-0.2, -0.15) is 5.26 Å². The number of benzene rings is 3. The monoisotopic (exact) mass is 566 g/mol. The quantitative estimate of drug-likeness (QED) is 0.230. The second-order valence-electron chi connectivity index (χ2n) is 7.89. The molecular formula is C24H15Cl5N4O2. The largest absolute Gasteiger partial charge is 0.399 e. The number of halogens is 5. The van der Waals surface area contributed by atoms with Gasteiger partial charge in [0.05, 0.1) is 27.8 Å². The van der Waals surface area contributed by atoms with Crippen molar-refractivity contribution < 1.29 is 9.59 Å². The molecule has 3 aromatic rings. The van der Waals surface area contributed by atoms with E-state index in [2.05, 4.69) is 10.6 Å². The molecule has 35 heavy (non-hydrogen) atoms. The Kier molecular flexibility index (Phi) is 7.10. The van der Waals surface area contributed by atoms with Crippen LogP contribution in [0.1, 0.15) is 27.4 Å². The highest BCUT2D eigenvalue weighted by Crippen LogP contribution is 2.65. The standard InChI is InChI=1S/C24H15Cl5N4O2/c25-13-5-11(6-14(26)8-13)20-21(24(20,28)29)23(35)32-16-2-3-18(27)17(9-16)22(34)33-19-4-1-15(31)7-12(19)10-30/h1-9,20-21H,31H2,(H,32,35)(H,33,34)/t20-,21+/m1/s1. The first-order chi connectivity index (χ1) is 16.5. The number of nitrogens with zero attached hydrogens (tertiary/aromatic N) is 1. The van der Waals surface area contributed by atoms with Crippen LogP contribution in [0, 0.1) is 17.2 Å². The van der Waals surface area contributed by atoms with Crippen LogP contribution in [0.25, 0.3) is 0 Å². The SMILES string of the molecule is N#Cc1cc(N)ccc1NC(=O)c1cc(NC(=O)[C@@H]2[C@@H](c3cc(Cl)cc(Cl)c3)C2(Cl)Cl)ccc1Cl. The van der Waals surface area contributed by atoms with E-state index in [9.17, 15) is 14.9 Å². The van der Waals surface area contributed by atoms with Crippen LogP contribution < -0.4 is 16.4 Å². The molecule has 0 bridgehead atoms. The molecule has 1 aliphatic carbocycles. The maximum absolute atomic E-state index is 13.0. The van der Waals surface area contributed by atoms with Gasteiger partial charge in [0.1, 0.15) is 10.4 Å². The molecule has 1 aliphatic rings. The van der Waals surface area contributed by atoms with Gasteiger partial charge in [-0.15, -0.1) is 23.2 Å². The number of alkyl halides is 2. The Morgan fingerprint density at radius 1 is 0.943 bits per heavy atom. The first-order valence-corrected chi connectivity index (χ1v) is 12.0. The third-order valence-electron chi connectivity index (χ3n) is 5.47. The minimum atomic E-state index is -1.35. The van der Waals surface area contributed by atoms with Crippen molar-refractivity contribution in [3.63, 3.8) is 0 Å². The number of amides is 2. The van der Waals surface area contributed by atoms with E-state index in [1.54, 1.807) is 30.3 Å². The van der Waals surface area contributed by atoms with Gasteiger partial charge in [-0.05, 0) is 60.2 Å². The fourth-order valence-electron chi connectivity index (χ4n) is 3.77. The topological polar surface area (TPSA) is 108 Å². The Bertz CT molecular complexity index is 1380. The van der Waals surface area contributed by atoms with Crippen LogP contribution in [0.15, 0.2) is 54.6 Å². The van der Waals surface area contributed by atoms with E-state index in [-0.39, 0.29) is 21.8 Å². The number of nitriles is 1. The molecule has 0 saturated heterocycles. The van der Waals surface area contributed by atoms with Crippen LogP contribution in [0.4, 0.5) is 17.1 Å². The van der Waals surface area contributed by atoms with Crippen LogP contribution in [0.3, 0.4) is 0 Å². The molecule has 0 heterocycles. The van der Waals surface area contributed by atoms with E-state index < -0.39 is 28.0 Å². The molecule has 6 nitrogen and oxygen atoms in total. The third kappa shape index (κ3) is 5.30. The molecule has 1 fully saturated rings. The molecule has 4 N–H and O–H groups in total. The van der Waals surface area contributed by atoms with Gasteiger partial charge < -0.3 is 16.4 Å². The number of nitrogens with one attached hydrogen (secondary N) is 2. The molecule has 0 spiro atoms. The van der Waals surface area contributed by atoms with Crippen molar-refractivity contribution in [2.45, 2.75) is 10.3 Å². The molecule has 0 unspecified atom stereocenters. The molecule has 0 aromatic heterocycles. The summed E-state index contributed by atoms with van der Waals surface area (Å²) in [6, 6.07) is 15.8.